The van der Waals surface area contributed by atoms with Gasteiger partial charge in [-0.05, 0) is 61.8 Å². The number of rotatable bonds is 3. The van der Waals surface area contributed by atoms with Crippen LogP contribution < -0.4 is 10.6 Å². The first-order valence-corrected chi connectivity index (χ1v) is 9.99. The molecule has 0 saturated carbocycles. The normalized spacial score (nSPS) is 22.2. The third kappa shape index (κ3) is 2.86. The number of fused-ring (bicyclic) bond motifs is 2. The number of allylic oxidation sites excluding steroid dienone is 2. The Morgan fingerprint density at radius 3 is 3.04 bits per heavy atom. The minimum absolute atomic E-state index is 0.206. The van der Waals surface area contributed by atoms with Gasteiger partial charge < -0.3 is 10.6 Å². The molecule has 3 aromatic heterocycles. The van der Waals surface area contributed by atoms with Gasteiger partial charge in [-0.25, -0.2) is 9.97 Å². The summed E-state index contributed by atoms with van der Waals surface area (Å²) in [5, 5.41) is 7.64. The summed E-state index contributed by atoms with van der Waals surface area (Å²) in [5.41, 5.74) is 12.1. The number of pyridine rings is 1. The molecule has 0 aromatic carbocycles. The molecule has 0 bridgehead atoms. The number of aryl methyl sites for hydroxylation is 1. The molecule has 1 aliphatic heterocycles. The summed E-state index contributed by atoms with van der Waals surface area (Å²) < 4.78 is 0. The summed E-state index contributed by atoms with van der Waals surface area (Å²) in [6, 6.07) is 4.07. The predicted molar refractivity (Wildman–Crippen MR) is 110 cm³/mol. The van der Waals surface area contributed by atoms with Crippen molar-refractivity contribution in [1.82, 2.24) is 25.1 Å². The van der Waals surface area contributed by atoms with Crippen LogP contribution in [0.25, 0.3) is 16.7 Å². The van der Waals surface area contributed by atoms with Crippen molar-refractivity contribution in [2.45, 2.75) is 39.0 Å². The second-order valence-corrected chi connectivity index (χ2v) is 8.17. The van der Waals surface area contributed by atoms with Crippen molar-refractivity contribution in [3.63, 3.8) is 0 Å². The van der Waals surface area contributed by atoms with E-state index >= 15 is 0 Å². The Morgan fingerprint density at radius 2 is 2.21 bits per heavy atom. The van der Waals surface area contributed by atoms with Crippen molar-refractivity contribution in [3.05, 3.63) is 42.0 Å². The van der Waals surface area contributed by atoms with Gasteiger partial charge in [0.2, 0.25) is 0 Å². The number of anilines is 2. The van der Waals surface area contributed by atoms with E-state index in [4.69, 9.17) is 15.7 Å². The summed E-state index contributed by atoms with van der Waals surface area (Å²) in [6.07, 6.45) is 11.1. The van der Waals surface area contributed by atoms with Crippen LogP contribution in [-0.2, 0) is 6.42 Å². The van der Waals surface area contributed by atoms with Crippen molar-refractivity contribution in [1.29, 1.82) is 0 Å². The Morgan fingerprint density at radius 1 is 1.29 bits per heavy atom. The van der Waals surface area contributed by atoms with Gasteiger partial charge in [0.15, 0.2) is 17.0 Å². The SMILES string of the molecule is CC1(CN)CC=C(c2cnc3c(N4CCCc5ncccc54)n[nH]c3n2)CC1. The second-order valence-electron chi connectivity index (χ2n) is 8.17. The molecule has 144 valence electrons. The third-order valence-electron chi connectivity index (χ3n) is 6.12. The van der Waals surface area contributed by atoms with Crippen LogP contribution in [0, 0.1) is 5.41 Å². The topological polar surface area (TPSA) is 96.6 Å². The van der Waals surface area contributed by atoms with Gasteiger partial charge in [0.05, 0.1) is 23.3 Å². The monoisotopic (exact) mass is 375 g/mol. The lowest BCUT2D eigenvalue weighted by atomic mass is 9.76. The Labute approximate surface area is 164 Å². The van der Waals surface area contributed by atoms with Gasteiger partial charge in [-0.15, -0.1) is 0 Å². The lowest BCUT2D eigenvalue weighted by Crippen LogP contribution is -2.28. The van der Waals surface area contributed by atoms with Gasteiger partial charge in [-0.3, -0.25) is 10.1 Å². The molecule has 4 heterocycles. The number of aromatic nitrogens is 5. The van der Waals surface area contributed by atoms with Gasteiger partial charge in [-0.2, -0.15) is 5.10 Å². The van der Waals surface area contributed by atoms with Crippen LogP contribution in [0.1, 0.15) is 44.0 Å². The van der Waals surface area contributed by atoms with Gasteiger partial charge >= 0.3 is 0 Å². The van der Waals surface area contributed by atoms with Crippen molar-refractivity contribution in [3.8, 4) is 0 Å². The van der Waals surface area contributed by atoms with E-state index in [1.165, 1.54) is 5.57 Å². The Balaban J connectivity index is 1.49. The van der Waals surface area contributed by atoms with E-state index in [-0.39, 0.29) is 5.41 Å². The van der Waals surface area contributed by atoms with Crippen molar-refractivity contribution in [2.24, 2.45) is 11.1 Å². The Bertz CT molecular complexity index is 1050. The first-order chi connectivity index (χ1) is 13.7. The van der Waals surface area contributed by atoms with Gasteiger partial charge in [0.25, 0.3) is 0 Å². The highest BCUT2D eigenvalue weighted by Gasteiger charge is 2.27. The Hall–Kier alpha value is -2.80. The molecule has 0 spiro atoms. The number of aromatic amines is 1. The number of nitrogens with zero attached hydrogens (tertiary/aromatic N) is 5. The van der Waals surface area contributed by atoms with Gasteiger partial charge in [-0.1, -0.05) is 13.0 Å². The number of nitrogens with one attached hydrogen (secondary N) is 1. The smallest absolute Gasteiger partial charge is 0.183 e. The molecule has 2 aliphatic rings. The quantitative estimate of drug-likeness (QED) is 0.729. The van der Waals surface area contributed by atoms with E-state index in [0.717, 1.165) is 79.3 Å². The fourth-order valence-corrected chi connectivity index (χ4v) is 4.17. The van der Waals surface area contributed by atoms with Crippen LogP contribution >= 0.6 is 0 Å². The number of H-pyrrole nitrogens is 1. The van der Waals surface area contributed by atoms with Gasteiger partial charge in [0.1, 0.15) is 0 Å². The van der Waals surface area contributed by atoms with E-state index < -0.39 is 0 Å². The van der Waals surface area contributed by atoms with Crippen LogP contribution in [0.15, 0.2) is 30.6 Å². The molecule has 0 amide bonds. The van der Waals surface area contributed by atoms with Crippen LogP contribution in [0.5, 0.6) is 0 Å². The molecule has 7 heteroatoms. The molecule has 3 aromatic rings. The van der Waals surface area contributed by atoms with Crippen LogP contribution in [0.2, 0.25) is 0 Å². The van der Waals surface area contributed by atoms with E-state index in [2.05, 4.69) is 39.1 Å². The maximum atomic E-state index is 5.92. The second kappa shape index (κ2) is 6.67. The third-order valence-corrected chi connectivity index (χ3v) is 6.12. The average Bonchev–Trinajstić information content (AvgIpc) is 3.17. The standard InChI is InChI=1S/C21H25N7/c1-21(13-22)8-6-14(7-9-21)16-12-24-18-19(25-16)26-27-20(18)28-11-3-4-15-17(28)5-2-10-23-15/h2,5-6,10,12H,3-4,7-9,11,13,22H2,1H3,(H,25,26,27). The molecule has 1 aliphatic carbocycles. The Kier molecular flexibility index (Phi) is 4.12. The van der Waals surface area contributed by atoms with Crippen LogP contribution in [0.3, 0.4) is 0 Å². The number of hydrogen-bond acceptors (Lipinski definition) is 6. The summed E-state index contributed by atoms with van der Waals surface area (Å²) in [4.78, 5) is 16.3. The molecule has 0 radical (unpaired) electrons. The van der Waals surface area contributed by atoms with Crippen LogP contribution in [-0.4, -0.2) is 38.2 Å². The minimum atomic E-state index is 0.206. The summed E-state index contributed by atoms with van der Waals surface area (Å²) in [7, 11) is 0. The number of nitrogens with two attached hydrogens (primary N) is 1. The molecule has 7 nitrogen and oxygen atoms in total. The highest BCUT2D eigenvalue weighted by molar-refractivity contribution is 5.87. The van der Waals surface area contributed by atoms with E-state index in [9.17, 15) is 0 Å². The molecule has 1 unspecified atom stereocenters. The molecule has 3 N–H and O–H groups in total. The molecular weight excluding hydrogens is 350 g/mol. The first kappa shape index (κ1) is 17.3. The zero-order valence-corrected chi connectivity index (χ0v) is 16.1. The van der Waals surface area contributed by atoms with Crippen molar-refractivity contribution in [2.75, 3.05) is 18.0 Å². The molecule has 0 fully saturated rings. The lowest BCUT2D eigenvalue weighted by molar-refractivity contribution is 0.308. The fourth-order valence-electron chi connectivity index (χ4n) is 4.17. The lowest BCUT2D eigenvalue weighted by Gasteiger charge is -2.31. The predicted octanol–water partition coefficient (Wildman–Crippen LogP) is 3.36. The van der Waals surface area contributed by atoms with Crippen molar-refractivity contribution < 1.29 is 0 Å². The van der Waals surface area contributed by atoms with E-state index in [1.807, 2.05) is 18.5 Å². The molecule has 0 saturated heterocycles. The maximum Gasteiger partial charge on any atom is 0.183 e. The maximum absolute atomic E-state index is 5.92. The van der Waals surface area contributed by atoms with Gasteiger partial charge in [0, 0.05) is 12.7 Å². The highest BCUT2D eigenvalue weighted by Crippen LogP contribution is 2.38. The molecular formula is C21H25N7. The molecule has 28 heavy (non-hydrogen) atoms. The summed E-state index contributed by atoms with van der Waals surface area (Å²) >= 11 is 0. The summed E-state index contributed by atoms with van der Waals surface area (Å²) in [5.74, 6) is 0.830. The minimum Gasteiger partial charge on any atom is -0.330 e. The summed E-state index contributed by atoms with van der Waals surface area (Å²) in [6.45, 7) is 3.88. The highest BCUT2D eigenvalue weighted by atomic mass is 15.3. The zero-order chi connectivity index (χ0) is 19.1. The molecule has 5 rings (SSSR count). The zero-order valence-electron chi connectivity index (χ0n) is 16.1. The number of hydrogen-bond donors (Lipinski definition) is 2. The molecule has 1 atom stereocenters. The van der Waals surface area contributed by atoms with Crippen LogP contribution in [0.4, 0.5) is 11.5 Å². The first-order valence-electron chi connectivity index (χ1n) is 9.99. The van der Waals surface area contributed by atoms with Crippen molar-refractivity contribution >= 4 is 28.2 Å². The largest absolute Gasteiger partial charge is 0.330 e. The van der Waals surface area contributed by atoms with E-state index in [0.29, 0.717) is 0 Å². The average molecular weight is 375 g/mol. The fraction of sp³-hybridized carbons (Fsp3) is 0.429. The van der Waals surface area contributed by atoms with E-state index in [1.54, 1.807) is 0 Å².